The molecular weight excluding hydrogens is 194 g/mol. The van der Waals surface area contributed by atoms with Crippen LogP contribution in [-0.4, -0.2) is 61.4 Å². The van der Waals surface area contributed by atoms with Gasteiger partial charge in [-0.3, -0.25) is 9.59 Å². The molecule has 0 bridgehead atoms. The maximum atomic E-state index is 11.7. The zero-order valence-electron chi connectivity index (χ0n) is 9.62. The maximum Gasteiger partial charge on any atom is 0.232 e. The highest BCUT2D eigenvalue weighted by atomic mass is 16.2. The van der Waals surface area contributed by atoms with Crippen LogP contribution >= 0.6 is 0 Å². The zero-order chi connectivity index (χ0) is 11.4. The number of hydrogen-bond donors (Lipinski definition) is 1. The van der Waals surface area contributed by atoms with Crippen molar-refractivity contribution in [1.82, 2.24) is 15.1 Å². The van der Waals surface area contributed by atoms with Crippen LogP contribution in [0.15, 0.2) is 0 Å². The smallest absolute Gasteiger partial charge is 0.232 e. The molecule has 1 fully saturated rings. The van der Waals surface area contributed by atoms with E-state index in [0.717, 1.165) is 6.54 Å². The summed E-state index contributed by atoms with van der Waals surface area (Å²) in [6.45, 7) is 4.00. The highest BCUT2D eigenvalue weighted by Gasteiger charge is 2.27. The van der Waals surface area contributed by atoms with Gasteiger partial charge < -0.3 is 15.1 Å². The van der Waals surface area contributed by atoms with Crippen molar-refractivity contribution in [3.8, 4) is 0 Å². The molecule has 0 aromatic heterocycles. The van der Waals surface area contributed by atoms with Gasteiger partial charge in [0.05, 0.1) is 0 Å². The van der Waals surface area contributed by atoms with Crippen LogP contribution in [0.1, 0.15) is 13.3 Å². The quantitative estimate of drug-likeness (QED) is 0.630. The third-order valence-corrected chi connectivity index (χ3v) is 2.76. The van der Waals surface area contributed by atoms with Crippen molar-refractivity contribution in [3.05, 3.63) is 0 Å². The predicted octanol–water partition coefficient (Wildman–Crippen LogP) is -0.715. The molecule has 1 rings (SSSR count). The number of carbonyl (C=O) groups excluding carboxylic acids is 2. The fourth-order valence-corrected chi connectivity index (χ4v) is 1.74. The number of carbonyl (C=O) groups is 2. The summed E-state index contributed by atoms with van der Waals surface area (Å²) in [5, 5.41) is 3.04. The van der Waals surface area contributed by atoms with Crippen LogP contribution in [0.3, 0.4) is 0 Å². The first-order valence-corrected chi connectivity index (χ1v) is 5.24. The van der Waals surface area contributed by atoms with Crippen LogP contribution in [0.5, 0.6) is 0 Å². The summed E-state index contributed by atoms with van der Waals surface area (Å²) in [4.78, 5) is 26.5. The number of rotatable bonds is 3. The third kappa shape index (κ3) is 2.92. The molecule has 1 unspecified atom stereocenters. The van der Waals surface area contributed by atoms with Crippen molar-refractivity contribution < 1.29 is 9.59 Å². The molecule has 2 amide bonds. The molecule has 1 aliphatic rings. The Kier molecular flexibility index (Phi) is 4.08. The number of hydrogen-bond acceptors (Lipinski definition) is 3. The molecule has 0 aliphatic carbocycles. The monoisotopic (exact) mass is 213 g/mol. The largest absolute Gasteiger partial charge is 0.344 e. The van der Waals surface area contributed by atoms with Gasteiger partial charge in [-0.2, -0.15) is 0 Å². The SMILES string of the molecule is CNCC(C)N1CCN(C)C(=O)CC1=O. The normalized spacial score (nSPS) is 20.5. The van der Waals surface area contributed by atoms with E-state index in [1.165, 1.54) is 0 Å². The van der Waals surface area contributed by atoms with Gasteiger partial charge in [-0.25, -0.2) is 0 Å². The zero-order valence-corrected chi connectivity index (χ0v) is 9.62. The molecule has 5 heteroatoms. The summed E-state index contributed by atoms with van der Waals surface area (Å²) in [7, 11) is 3.60. The average Bonchev–Trinajstić information content (AvgIpc) is 2.28. The van der Waals surface area contributed by atoms with Crippen molar-refractivity contribution >= 4 is 11.8 Å². The van der Waals surface area contributed by atoms with Crippen molar-refractivity contribution in [2.45, 2.75) is 19.4 Å². The van der Waals surface area contributed by atoms with E-state index in [1.807, 2.05) is 14.0 Å². The van der Waals surface area contributed by atoms with Gasteiger partial charge in [0.25, 0.3) is 0 Å². The molecule has 15 heavy (non-hydrogen) atoms. The van der Waals surface area contributed by atoms with Gasteiger partial charge >= 0.3 is 0 Å². The molecule has 1 saturated heterocycles. The molecule has 0 aromatic carbocycles. The Balaban J connectivity index is 2.65. The molecule has 0 spiro atoms. The summed E-state index contributed by atoms with van der Waals surface area (Å²) in [5.74, 6) is -0.147. The number of amides is 2. The Bertz CT molecular complexity index is 255. The van der Waals surface area contributed by atoms with E-state index in [9.17, 15) is 9.59 Å². The van der Waals surface area contributed by atoms with Gasteiger partial charge in [-0.05, 0) is 14.0 Å². The fourth-order valence-electron chi connectivity index (χ4n) is 1.74. The van der Waals surface area contributed by atoms with Gasteiger partial charge in [0, 0.05) is 32.7 Å². The second kappa shape index (κ2) is 5.11. The summed E-state index contributed by atoms with van der Waals surface area (Å²) in [6, 6.07) is 0.141. The minimum absolute atomic E-state index is 0.00452. The summed E-state index contributed by atoms with van der Waals surface area (Å²) in [6.07, 6.45) is 0.00452. The lowest BCUT2D eigenvalue weighted by molar-refractivity contribution is -0.137. The lowest BCUT2D eigenvalue weighted by Crippen LogP contribution is -2.44. The van der Waals surface area contributed by atoms with Gasteiger partial charge in [0.15, 0.2) is 0 Å². The topological polar surface area (TPSA) is 52.6 Å². The highest BCUT2D eigenvalue weighted by Crippen LogP contribution is 2.08. The molecule has 1 N–H and O–H groups in total. The third-order valence-electron chi connectivity index (χ3n) is 2.76. The van der Waals surface area contributed by atoms with Crippen LogP contribution in [0, 0.1) is 0 Å². The molecule has 1 atom stereocenters. The molecule has 0 aromatic rings. The predicted molar refractivity (Wildman–Crippen MR) is 57.4 cm³/mol. The Labute approximate surface area is 90.4 Å². The first-order chi connectivity index (χ1) is 7.06. The number of likely N-dealkylation sites (N-methyl/N-ethyl adjacent to an activating group) is 2. The van der Waals surface area contributed by atoms with E-state index in [2.05, 4.69) is 5.32 Å². The first-order valence-electron chi connectivity index (χ1n) is 5.24. The summed E-state index contributed by atoms with van der Waals surface area (Å²) in [5.41, 5.74) is 0. The van der Waals surface area contributed by atoms with E-state index < -0.39 is 0 Å². The lowest BCUT2D eigenvalue weighted by atomic mass is 10.2. The van der Waals surface area contributed by atoms with E-state index in [1.54, 1.807) is 16.8 Å². The molecule has 86 valence electrons. The number of nitrogens with one attached hydrogen (secondary N) is 1. The van der Waals surface area contributed by atoms with Crippen molar-refractivity contribution in [3.63, 3.8) is 0 Å². The molecule has 0 saturated carbocycles. The minimum atomic E-state index is -0.0841. The van der Waals surface area contributed by atoms with E-state index >= 15 is 0 Å². The van der Waals surface area contributed by atoms with Crippen LogP contribution in [0.4, 0.5) is 0 Å². The lowest BCUT2D eigenvalue weighted by Gasteiger charge is -2.27. The standard InChI is InChI=1S/C10H19N3O2/c1-8(7-11-2)13-5-4-12(3)9(14)6-10(13)15/h8,11H,4-7H2,1-3H3. The second-order valence-electron chi connectivity index (χ2n) is 3.99. The van der Waals surface area contributed by atoms with Gasteiger partial charge in [-0.1, -0.05) is 0 Å². The fraction of sp³-hybridized carbons (Fsp3) is 0.800. The average molecular weight is 213 g/mol. The van der Waals surface area contributed by atoms with Crippen molar-refractivity contribution in [2.75, 3.05) is 33.7 Å². The van der Waals surface area contributed by atoms with Gasteiger partial charge in [0.2, 0.25) is 11.8 Å². The van der Waals surface area contributed by atoms with Crippen LogP contribution in [0.25, 0.3) is 0 Å². The van der Waals surface area contributed by atoms with Crippen LogP contribution in [0.2, 0.25) is 0 Å². The minimum Gasteiger partial charge on any atom is -0.344 e. The molecule has 1 heterocycles. The first kappa shape index (κ1) is 12.0. The number of nitrogens with zero attached hydrogens (tertiary/aromatic N) is 2. The van der Waals surface area contributed by atoms with Crippen molar-refractivity contribution in [2.24, 2.45) is 0 Å². The second-order valence-corrected chi connectivity index (χ2v) is 3.99. The van der Waals surface area contributed by atoms with E-state index in [0.29, 0.717) is 13.1 Å². The van der Waals surface area contributed by atoms with Gasteiger partial charge in [-0.15, -0.1) is 0 Å². The Morgan fingerprint density at radius 1 is 1.33 bits per heavy atom. The Hall–Kier alpha value is -1.10. The maximum absolute atomic E-state index is 11.7. The highest BCUT2D eigenvalue weighted by molar-refractivity contribution is 5.97. The molecule has 1 aliphatic heterocycles. The van der Waals surface area contributed by atoms with Crippen LogP contribution < -0.4 is 5.32 Å². The van der Waals surface area contributed by atoms with E-state index in [4.69, 9.17) is 0 Å². The molecule has 5 nitrogen and oxygen atoms in total. The Morgan fingerprint density at radius 2 is 2.00 bits per heavy atom. The Morgan fingerprint density at radius 3 is 2.60 bits per heavy atom. The molecular formula is C10H19N3O2. The van der Waals surface area contributed by atoms with E-state index in [-0.39, 0.29) is 24.3 Å². The van der Waals surface area contributed by atoms with Gasteiger partial charge in [0.1, 0.15) is 6.42 Å². The summed E-state index contributed by atoms with van der Waals surface area (Å²) < 4.78 is 0. The summed E-state index contributed by atoms with van der Waals surface area (Å²) >= 11 is 0. The van der Waals surface area contributed by atoms with Crippen LogP contribution in [-0.2, 0) is 9.59 Å². The van der Waals surface area contributed by atoms with Crippen molar-refractivity contribution in [1.29, 1.82) is 0 Å². The molecule has 0 radical (unpaired) electrons.